The van der Waals surface area contributed by atoms with Crippen molar-refractivity contribution in [3.63, 3.8) is 0 Å². The van der Waals surface area contributed by atoms with Gasteiger partial charge in [-0.2, -0.15) is 4.98 Å². The second-order valence-electron chi connectivity index (χ2n) is 6.13. The third-order valence-electron chi connectivity index (χ3n) is 3.65. The van der Waals surface area contributed by atoms with Gasteiger partial charge in [0.05, 0.1) is 0 Å². The van der Waals surface area contributed by atoms with Gasteiger partial charge in [0.1, 0.15) is 5.82 Å². The summed E-state index contributed by atoms with van der Waals surface area (Å²) in [6.07, 6.45) is 3.33. The van der Waals surface area contributed by atoms with Crippen LogP contribution in [0, 0.1) is 6.92 Å². The van der Waals surface area contributed by atoms with Crippen LogP contribution in [0.5, 0.6) is 0 Å². The molecule has 2 heterocycles. The van der Waals surface area contributed by atoms with Gasteiger partial charge in [0.2, 0.25) is 11.9 Å². The van der Waals surface area contributed by atoms with Gasteiger partial charge in [0, 0.05) is 48.2 Å². The summed E-state index contributed by atoms with van der Waals surface area (Å²) >= 11 is 1.59. The molecule has 0 radical (unpaired) electrons. The Kier molecular flexibility index (Phi) is 5.83. The lowest BCUT2D eigenvalue weighted by molar-refractivity contribution is -0.111. The minimum absolute atomic E-state index is 0.165. The highest BCUT2D eigenvalue weighted by molar-refractivity contribution is 7.10. The van der Waals surface area contributed by atoms with Crippen LogP contribution in [-0.4, -0.2) is 30.0 Å². The maximum absolute atomic E-state index is 12.0. The lowest BCUT2D eigenvalue weighted by Gasteiger charge is -2.14. The lowest BCUT2D eigenvalue weighted by Crippen LogP contribution is -2.12. The first kappa shape index (κ1) is 18.6. The smallest absolute Gasteiger partial charge is 0.248 e. The van der Waals surface area contributed by atoms with Crippen LogP contribution in [0.15, 0.2) is 53.9 Å². The van der Waals surface area contributed by atoms with E-state index in [1.165, 1.54) is 6.08 Å². The van der Waals surface area contributed by atoms with E-state index in [2.05, 4.69) is 20.6 Å². The predicted octanol–water partition coefficient (Wildman–Crippen LogP) is 4.31. The molecule has 0 aliphatic heterocycles. The van der Waals surface area contributed by atoms with Crippen LogP contribution in [0.3, 0.4) is 0 Å². The fourth-order valence-electron chi connectivity index (χ4n) is 2.33. The third-order valence-corrected chi connectivity index (χ3v) is 4.49. The summed E-state index contributed by atoms with van der Waals surface area (Å²) in [5, 5.41) is 8.01. The van der Waals surface area contributed by atoms with E-state index in [9.17, 15) is 4.79 Å². The van der Waals surface area contributed by atoms with Crippen LogP contribution >= 0.6 is 11.3 Å². The molecule has 0 unspecified atom stereocenters. The molecular weight excluding hydrogens is 358 g/mol. The minimum atomic E-state index is -0.165. The number of rotatable bonds is 6. The number of aryl methyl sites for hydroxylation is 1. The summed E-state index contributed by atoms with van der Waals surface area (Å²) in [6, 6.07) is 13.3. The molecule has 0 bridgehead atoms. The quantitative estimate of drug-likeness (QED) is 0.625. The molecule has 0 saturated carbocycles. The SMILES string of the molecule is Cc1cc(N(C)C)nc(Nc2ccc(NC(=O)/C=C/c3cccs3)cc2)n1. The third kappa shape index (κ3) is 5.39. The summed E-state index contributed by atoms with van der Waals surface area (Å²) in [5.74, 6) is 1.21. The molecule has 7 heteroatoms. The average Bonchev–Trinajstić information content (AvgIpc) is 3.15. The Morgan fingerprint density at radius 2 is 1.85 bits per heavy atom. The fourth-order valence-corrected chi connectivity index (χ4v) is 2.95. The highest BCUT2D eigenvalue weighted by atomic mass is 32.1. The van der Waals surface area contributed by atoms with E-state index in [0.29, 0.717) is 5.95 Å². The minimum Gasteiger partial charge on any atom is -0.363 e. The Morgan fingerprint density at radius 1 is 1.11 bits per heavy atom. The van der Waals surface area contributed by atoms with Crippen molar-refractivity contribution in [3.05, 3.63) is 64.5 Å². The van der Waals surface area contributed by atoms with E-state index in [1.807, 2.05) is 73.8 Å². The maximum Gasteiger partial charge on any atom is 0.248 e. The summed E-state index contributed by atoms with van der Waals surface area (Å²) in [6.45, 7) is 1.93. The van der Waals surface area contributed by atoms with Gasteiger partial charge in [-0.3, -0.25) is 4.79 Å². The summed E-state index contributed by atoms with van der Waals surface area (Å²) in [5.41, 5.74) is 2.45. The first-order chi connectivity index (χ1) is 13.0. The second-order valence-corrected chi connectivity index (χ2v) is 7.11. The van der Waals surface area contributed by atoms with Crippen LogP contribution in [-0.2, 0) is 4.79 Å². The Balaban J connectivity index is 1.63. The molecule has 0 fully saturated rings. The number of hydrogen-bond acceptors (Lipinski definition) is 6. The highest BCUT2D eigenvalue weighted by Crippen LogP contribution is 2.19. The van der Waals surface area contributed by atoms with Crippen molar-refractivity contribution >= 4 is 46.5 Å². The Bertz CT molecular complexity index is 934. The van der Waals surface area contributed by atoms with E-state index in [4.69, 9.17) is 0 Å². The van der Waals surface area contributed by atoms with Gasteiger partial charge < -0.3 is 15.5 Å². The van der Waals surface area contributed by atoms with Gasteiger partial charge in [-0.25, -0.2) is 4.98 Å². The van der Waals surface area contributed by atoms with Crippen molar-refractivity contribution in [2.75, 3.05) is 29.6 Å². The largest absolute Gasteiger partial charge is 0.363 e. The van der Waals surface area contributed by atoms with Crippen molar-refractivity contribution in [3.8, 4) is 0 Å². The molecule has 0 spiro atoms. The predicted molar refractivity (Wildman–Crippen MR) is 113 cm³/mol. The Hall–Kier alpha value is -3.19. The molecule has 138 valence electrons. The van der Waals surface area contributed by atoms with Gasteiger partial charge in [-0.05, 0) is 48.7 Å². The molecule has 3 aromatic rings. The van der Waals surface area contributed by atoms with E-state index >= 15 is 0 Å². The second kappa shape index (κ2) is 8.46. The number of anilines is 4. The van der Waals surface area contributed by atoms with Crippen molar-refractivity contribution in [1.29, 1.82) is 0 Å². The Morgan fingerprint density at radius 3 is 2.52 bits per heavy atom. The van der Waals surface area contributed by atoms with Crippen molar-refractivity contribution in [2.45, 2.75) is 6.92 Å². The van der Waals surface area contributed by atoms with Gasteiger partial charge in [0.25, 0.3) is 0 Å². The van der Waals surface area contributed by atoms with E-state index in [1.54, 1.807) is 17.4 Å². The van der Waals surface area contributed by atoms with Crippen LogP contribution in [0.4, 0.5) is 23.1 Å². The summed E-state index contributed by atoms with van der Waals surface area (Å²) in [7, 11) is 3.88. The van der Waals surface area contributed by atoms with Crippen molar-refractivity contribution in [2.24, 2.45) is 0 Å². The first-order valence-corrected chi connectivity index (χ1v) is 9.30. The molecule has 2 aromatic heterocycles. The standard InChI is InChI=1S/C20H21N5OS/c1-14-13-18(25(2)3)24-20(21-14)23-16-8-6-15(7-9-16)22-19(26)11-10-17-5-4-12-27-17/h4-13H,1-3H3,(H,22,26)(H,21,23,24)/b11-10+. The normalized spacial score (nSPS) is 10.8. The average molecular weight is 379 g/mol. The number of hydrogen-bond donors (Lipinski definition) is 2. The molecule has 0 aliphatic carbocycles. The van der Waals surface area contributed by atoms with Crippen LogP contribution < -0.4 is 15.5 Å². The first-order valence-electron chi connectivity index (χ1n) is 8.42. The van der Waals surface area contributed by atoms with Gasteiger partial charge >= 0.3 is 0 Å². The summed E-state index contributed by atoms with van der Waals surface area (Å²) < 4.78 is 0. The molecule has 2 N–H and O–H groups in total. The molecule has 27 heavy (non-hydrogen) atoms. The molecule has 1 amide bonds. The topological polar surface area (TPSA) is 70.2 Å². The number of carbonyl (C=O) groups excluding carboxylic acids is 1. The fraction of sp³-hybridized carbons (Fsp3) is 0.150. The molecular formula is C20H21N5OS. The maximum atomic E-state index is 12.0. The number of nitrogens with one attached hydrogen (secondary N) is 2. The summed E-state index contributed by atoms with van der Waals surface area (Å²) in [4.78, 5) is 23.8. The monoisotopic (exact) mass is 379 g/mol. The molecule has 6 nitrogen and oxygen atoms in total. The number of nitrogens with zero attached hydrogens (tertiary/aromatic N) is 3. The van der Waals surface area contributed by atoms with Crippen LogP contribution in [0.1, 0.15) is 10.6 Å². The molecule has 1 aromatic carbocycles. The number of amides is 1. The van der Waals surface area contributed by atoms with Gasteiger partial charge in [-0.1, -0.05) is 6.07 Å². The Labute approximate surface area is 162 Å². The van der Waals surface area contributed by atoms with E-state index in [0.717, 1.165) is 27.8 Å². The number of carbonyl (C=O) groups is 1. The van der Waals surface area contributed by atoms with Crippen molar-refractivity contribution in [1.82, 2.24) is 9.97 Å². The molecule has 3 rings (SSSR count). The molecule has 0 atom stereocenters. The van der Waals surface area contributed by atoms with Crippen LogP contribution in [0.25, 0.3) is 6.08 Å². The highest BCUT2D eigenvalue weighted by Gasteiger charge is 2.05. The zero-order chi connectivity index (χ0) is 19.2. The van der Waals surface area contributed by atoms with Crippen LogP contribution in [0.2, 0.25) is 0 Å². The van der Waals surface area contributed by atoms with Crippen molar-refractivity contribution < 1.29 is 4.79 Å². The van der Waals surface area contributed by atoms with E-state index in [-0.39, 0.29) is 5.91 Å². The number of aromatic nitrogens is 2. The molecule has 0 saturated heterocycles. The zero-order valence-electron chi connectivity index (χ0n) is 15.4. The number of benzene rings is 1. The zero-order valence-corrected chi connectivity index (χ0v) is 16.2. The van der Waals surface area contributed by atoms with Gasteiger partial charge in [0.15, 0.2) is 0 Å². The number of thiophene rings is 1. The molecule has 0 aliphatic rings. The van der Waals surface area contributed by atoms with Gasteiger partial charge in [-0.15, -0.1) is 11.3 Å². The lowest BCUT2D eigenvalue weighted by atomic mass is 10.2. The van der Waals surface area contributed by atoms with E-state index < -0.39 is 0 Å².